The first kappa shape index (κ1) is 11.7. The number of hydrogen-bond donors (Lipinski definition) is 1. The van der Waals surface area contributed by atoms with Crippen LogP contribution in [-0.2, 0) is 6.42 Å². The molecular formula is C11H11INO2S+. The molecule has 0 aromatic carbocycles. The van der Waals surface area contributed by atoms with Crippen molar-refractivity contribution in [2.24, 2.45) is 0 Å². The molecule has 0 aliphatic heterocycles. The Kier molecular flexibility index (Phi) is 4.00. The summed E-state index contributed by atoms with van der Waals surface area (Å²) in [7, 11) is 0. The number of pyridine rings is 1. The third-order valence-electron chi connectivity index (χ3n) is 2.09. The minimum absolute atomic E-state index is 0.655. The van der Waals surface area contributed by atoms with Gasteiger partial charge >= 0.3 is 0 Å². The molecule has 0 aliphatic carbocycles. The monoisotopic (exact) mass is 348 g/mol. The Morgan fingerprint density at radius 2 is 2.31 bits per heavy atom. The zero-order chi connectivity index (χ0) is 11.4. The fourth-order valence-electron chi connectivity index (χ4n) is 1.28. The van der Waals surface area contributed by atoms with Crippen molar-refractivity contribution in [3.8, 4) is 5.75 Å². The van der Waals surface area contributed by atoms with Gasteiger partial charge in [0, 0.05) is 11.2 Å². The van der Waals surface area contributed by atoms with Crippen molar-refractivity contribution in [3.05, 3.63) is 44.4 Å². The minimum Gasteiger partial charge on any atom is -0.492 e. The van der Waals surface area contributed by atoms with Crippen LogP contribution in [0, 0.1) is 3.57 Å². The second-order valence-corrected chi connectivity index (χ2v) is 5.21. The first-order valence-corrected chi connectivity index (χ1v) is 6.82. The second kappa shape index (κ2) is 5.49. The first-order valence-electron chi connectivity index (χ1n) is 4.79. The summed E-state index contributed by atoms with van der Waals surface area (Å²) in [6.45, 7) is 0.655. The average molecular weight is 348 g/mol. The molecule has 3 nitrogen and oxygen atoms in total. The van der Waals surface area contributed by atoms with E-state index in [2.05, 4.69) is 39.4 Å². The van der Waals surface area contributed by atoms with Crippen LogP contribution in [0.1, 0.15) is 5.56 Å². The summed E-state index contributed by atoms with van der Waals surface area (Å²) in [5.74, 6) is 0.807. The lowest BCUT2D eigenvalue weighted by Gasteiger charge is -2.05. The Labute approximate surface area is 111 Å². The number of rotatable bonds is 4. The Bertz CT molecular complexity index is 459. The zero-order valence-electron chi connectivity index (χ0n) is 8.47. The molecule has 1 N–H and O–H groups in total. The molecule has 2 rings (SSSR count). The second-order valence-electron chi connectivity index (χ2n) is 3.27. The summed E-state index contributed by atoms with van der Waals surface area (Å²) in [6, 6.07) is 3.86. The van der Waals surface area contributed by atoms with E-state index in [-0.39, 0.29) is 0 Å². The molecular weight excluding hydrogens is 337 g/mol. The van der Waals surface area contributed by atoms with E-state index in [1.54, 1.807) is 29.8 Å². The predicted octanol–water partition coefficient (Wildman–Crippen LogP) is 2.50. The fraction of sp³-hybridized carbons (Fsp3) is 0.182. The number of ether oxygens (including phenoxy) is 1. The lowest BCUT2D eigenvalue weighted by Crippen LogP contribution is -2.28. The standard InChI is InChI=1S/C11H11INO2S/c12-10-7-13(14)4-1-11(10)15-5-2-9-3-6-16-8-9/h1,3-4,6-8,14H,2,5H2/q+1. The van der Waals surface area contributed by atoms with Gasteiger partial charge in [-0.3, -0.25) is 5.21 Å². The normalized spacial score (nSPS) is 10.3. The summed E-state index contributed by atoms with van der Waals surface area (Å²) >= 11 is 3.83. The van der Waals surface area contributed by atoms with Crippen LogP contribution in [0.25, 0.3) is 0 Å². The van der Waals surface area contributed by atoms with Crippen molar-refractivity contribution in [1.82, 2.24) is 0 Å². The fourth-order valence-corrected chi connectivity index (χ4v) is 2.60. The molecule has 0 fully saturated rings. The van der Waals surface area contributed by atoms with Gasteiger partial charge < -0.3 is 4.74 Å². The largest absolute Gasteiger partial charge is 0.492 e. The van der Waals surface area contributed by atoms with Gasteiger partial charge in [-0.2, -0.15) is 11.3 Å². The maximum atomic E-state index is 9.17. The van der Waals surface area contributed by atoms with Gasteiger partial charge in [0.05, 0.1) is 12.7 Å². The molecule has 0 saturated carbocycles. The van der Waals surface area contributed by atoms with Crippen molar-refractivity contribution in [3.63, 3.8) is 0 Å². The molecule has 0 amide bonds. The van der Waals surface area contributed by atoms with Gasteiger partial charge in [-0.25, -0.2) is 0 Å². The van der Waals surface area contributed by atoms with Crippen molar-refractivity contribution < 1.29 is 14.7 Å². The van der Waals surface area contributed by atoms with Crippen molar-refractivity contribution >= 4 is 33.9 Å². The van der Waals surface area contributed by atoms with Crippen molar-refractivity contribution in [2.45, 2.75) is 6.42 Å². The molecule has 0 spiro atoms. The molecule has 0 aliphatic rings. The molecule has 84 valence electrons. The number of halogens is 1. The molecule has 0 radical (unpaired) electrons. The van der Waals surface area contributed by atoms with Gasteiger partial charge in [0.15, 0.2) is 0 Å². The first-order chi connectivity index (χ1) is 7.75. The van der Waals surface area contributed by atoms with Gasteiger partial charge in [-0.15, -0.1) is 0 Å². The quantitative estimate of drug-likeness (QED) is 0.523. The smallest absolute Gasteiger partial charge is 0.239 e. The summed E-state index contributed by atoms with van der Waals surface area (Å²) in [4.78, 5) is 0. The number of aromatic nitrogens is 1. The lowest BCUT2D eigenvalue weighted by molar-refractivity contribution is -0.905. The van der Waals surface area contributed by atoms with E-state index in [4.69, 9.17) is 4.74 Å². The Hall–Kier alpha value is -0.820. The molecule has 2 aromatic rings. The number of thiophene rings is 1. The topological polar surface area (TPSA) is 33.3 Å². The van der Waals surface area contributed by atoms with E-state index in [1.165, 1.54) is 5.56 Å². The van der Waals surface area contributed by atoms with E-state index < -0.39 is 0 Å². The lowest BCUT2D eigenvalue weighted by atomic mass is 10.2. The van der Waals surface area contributed by atoms with Gasteiger partial charge in [0.25, 0.3) is 0 Å². The molecule has 2 aromatic heterocycles. The van der Waals surface area contributed by atoms with Crippen LogP contribution < -0.4 is 9.47 Å². The van der Waals surface area contributed by atoms with Crippen LogP contribution >= 0.6 is 33.9 Å². The Morgan fingerprint density at radius 3 is 3.00 bits per heavy atom. The van der Waals surface area contributed by atoms with Crippen LogP contribution in [0.2, 0.25) is 0 Å². The number of hydrogen-bond acceptors (Lipinski definition) is 3. The molecule has 5 heteroatoms. The Morgan fingerprint density at radius 1 is 1.44 bits per heavy atom. The molecule has 0 bridgehead atoms. The van der Waals surface area contributed by atoms with Crippen LogP contribution in [-0.4, -0.2) is 11.8 Å². The van der Waals surface area contributed by atoms with Gasteiger partial charge in [0.2, 0.25) is 12.4 Å². The van der Waals surface area contributed by atoms with E-state index in [9.17, 15) is 5.21 Å². The van der Waals surface area contributed by atoms with E-state index in [0.29, 0.717) is 6.61 Å². The predicted molar refractivity (Wildman–Crippen MR) is 70.1 cm³/mol. The summed E-state index contributed by atoms with van der Waals surface area (Å²) < 4.78 is 7.56. The molecule has 0 saturated heterocycles. The summed E-state index contributed by atoms with van der Waals surface area (Å²) in [6.07, 6.45) is 4.08. The van der Waals surface area contributed by atoms with Gasteiger partial charge in [0.1, 0.15) is 9.32 Å². The van der Waals surface area contributed by atoms with Crippen LogP contribution in [0.3, 0.4) is 0 Å². The molecule has 16 heavy (non-hydrogen) atoms. The van der Waals surface area contributed by atoms with E-state index in [1.807, 2.05) is 0 Å². The molecule has 2 heterocycles. The maximum Gasteiger partial charge on any atom is 0.239 e. The highest BCUT2D eigenvalue weighted by molar-refractivity contribution is 14.1. The zero-order valence-corrected chi connectivity index (χ0v) is 11.4. The van der Waals surface area contributed by atoms with E-state index >= 15 is 0 Å². The highest BCUT2D eigenvalue weighted by atomic mass is 127. The summed E-state index contributed by atoms with van der Waals surface area (Å²) in [5, 5.41) is 13.4. The molecule has 0 atom stereocenters. The highest BCUT2D eigenvalue weighted by Gasteiger charge is 2.07. The SMILES string of the molecule is O[n+]1ccc(OCCc2ccsc2)c(I)c1. The van der Waals surface area contributed by atoms with Gasteiger partial charge in [-0.05, 0) is 45.0 Å². The summed E-state index contributed by atoms with van der Waals surface area (Å²) in [5.41, 5.74) is 1.30. The van der Waals surface area contributed by atoms with Crippen LogP contribution in [0.15, 0.2) is 35.3 Å². The van der Waals surface area contributed by atoms with Crippen molar-refractivity contribution in [2.75, 3.05) is 6.61 Å². The Balaban J connectivity index is 1.90. The molecule has 0 unspecified atom stereocenters. The third kappa shape index (κ3) is 3.08. The third-order valence-corrected chi connectivity index (χ3v) is 3.63. The van der Waals surface area contributed by atoms with E-state index in [0.717, 1.165) is 20.5 Å². The minimum atomic E-state index is 0.655. The van der Waals surface area contributed by atoms with Crippen LogP contribution in [0.4, 0.5) is 0 Å². The average Bonchev–Trinajstić information content (AvgIpc) is 2.74. The number of nitrogens with zero attached hydrogens (tertiary/aromatic N) is 1. The van der Waals surface area contributed by atoms with Gasteiger partial charge in [-0.1, -0.05) is 0 Å². The van der Waals surface area contributed by atoms with Crippen LogP contribution in [0.5, 0.6) is 5.75 Å². The van der Waals surface area contributed by atoms with Crippen molar-refractivity contribution in [1.29, 1.82) is 0 Å². The highest BCUT2D eigenvalue weighted by Crippen LogP contribution is 2.18. The maximum absolute atomic E-state index is 9.17.